The predicted molar refractivity (Wildman–Crippen MR) is 86.7 cm³/mol. The molecule has 0 bridgehead atoms. The summed E-state index contributed by atoms with van der Waals surface area (Å²) >= 11 is 0. The molecule has 0 saturated heterocycles. The van der Waals surface area contributed by atoms with Crippen molar-refractivity contribution in [2.24, 2.45) is 5.92 Å². The van der Waals surface area contributed by atoms with Crippen molar-refractivity contribution in [3.8, 4) is 0 Å². The molecule has 0 spiro atoms. The summed E-state index contributed by atoms with van der Waals surface area (Å²) in [7, 11) is 0. The summed E-state index contributed by atoms with van der Waals surface area (Å²) in [5, 5.41) is 0. The van der Waals surface area contributed by atoms with Crippen LogP contribution in [0.4, 0.5) is 5.69 Å². The predicted octanol–water partition coefficient (Wildman–Crippen LogP) is 3.54. The Morgan fingerprint density at radius 2 is 1.80 bits per heavy atom. The van der Waals surface area contributed by atoms with Crippen molar-refractivity contribution in [3.63, 3.8) is 0 Å². The van der Waals surface area contributed by atoms with E-state index in [1.54, 1.807) is 0 Å². The van der Waals surface area contributed by atoms with Crippen LogP contribution in [-0.4, -0.2) is 30.7 Å². The number of rotatable bonds is 9. The van der Waals surface area contributed by atoms with Gasteiger partial charge in [-0.25, -0.2) is 0 Å². The molecule has 0 aliphatic rings. The Morgan fingerprint density at radius 1 is 1.10 bits per heavy atom. The molecule has 2 N–H and O–H groups in total. The number of hydrogen-bond acceptors (Lipinski definition) is 3. The molecule has 0 fully saturated rings. The molecule has 0 atom stereocenters. The molecule has 1 aromatic carbocycles. The van der Waals surface area contributed by atoms with Gasteiger partial charge in [0.1, 0.15) is 0 Å². The standard InChI is InChI=1S/C17H30N2O/c1-14(2)9-11-20-12-10-19(15(3)4)13-16-7-5-6-8-17(16)18/h5-8,14-15H,9-13,18H2,1-4H3. The van der Waals surface area contributed by atoms with E-state index in [0.29, 0.717) is 12.0 Å². The van der Waals surface area contributed by atoms with Gasteiger partial charge in [-0.1, -0.05) is 32.0 Å². The monoisotopic (exact) mass is 278 g/mol. The molecule has 1 aromatic rings. The lowest BCUT2D eigenvalue weighted by molar-refractivity contribution is 0.0833. The van der Waals surface area contributed by atoms with Crippen LogP contribution in [0.2, 0.25) is 0 Å². The number of benzene rings is 1. The number of anilines is 1. The molecule has 114 valence electrons. The Kier molecular flexibility index (Phi) is 7.63. The Morgan fingerprint density at radius 3 is 2.40 bits per heavy atom. The van der Waals surface area contributed by atoms with E-state index in [1.807, 2.05) is 18.2 Å². The van der Waals surface area contributed by atoms with E-state index in [0.717, 1.165) is 38.4 Å². The summed E-state index contributed by atoms with van der Waals surface area (Å²) in [6.07, 6.45) is 1.13. The van der Waals surface area contributed by atoms with Crippen molar-refractivity contribution < 1.29 is 4.74 Å². The van der Waals surface area contributed by atoms with Gasteiger partial charge in [-0.3, -0.25) is 4.90 Å². The Labute approximate surface area is 124 Å². The van der Waals surface area contributed by atoms with E-state index >= 15 is 0 Å². The average Bonchev–Trinajstić information content (AvgIpc) is 2.38. The number of nitrogens with two attached hydrogens (primary N) is 1. The zero-order chi connectivity index (χ0) is 15.0. The Hall–Kier alpha value is -1.06. The second-order valence-corrected chi connectivity index (χ2v) is 6.06. The molecule has 3 nitrogen and oxygen atoms in total. The molecular formula is C17H30N2O. The van der Waals surface area contributed by atoms with Crippen molar-refractivity contribution in [1.82, 2.24) is 4.90 Å². The normalized spacial score (nSPS) is 11.8. The van der Waals surface area contributed by atoms with Gasteiger partial charge in [0.05, 0.1) is 6.61 Å². The highest BCUT2D eigenvalue weighted by atomic mass is 16.5. The van der Waals surface area contributed by atoms with Crippen LogP contribution in [0.1, 0.15) is 39.7 Å². The van der Waals surface area contributed by atoms with Gasteiger partial charge < -0.3 is 10.5 Å². The van der Waals surface area contributed by atoms with Crippen LogP contribution < -0.4 is 5.73 Å². The van der Waals surface area contributed by atoms with Crippen LogP contribution in [0.15, 0.2) is 24.3 Å². The summed E-state index contributed by atoms with van der Waals surface area (Å²) in [6.45, 7) is 12.4. The second-order valence-electron chi connectivity index (χ2n) is 6.06. The summed E-state index contributed by atoms with van der Waals surface area (Å²) in [6, 6.07) is 8.58. The van der Waals surface area contributed by atoms with Crippen molar-refractivity contribution in [3.05, 3.63) is 29.8 Å². The minimum Gasteiger partial charge on any atom is -0.398 e. The largest absolute Gasteiger partial charge is 0.398 e. The first kappa shape index (κ1) is 17.0. The molecule has 3 heteroatoms. The van der Waals surface area contributed by atoms with Gasteiger partial charge in [-0.2, -0.15) is 0 Å². The zero-order valence-electron chi connectivity index (χ0n) is 13.4. The molecule has 0 unspecified atom stereocenters. The van der Waals surface area contributed by atoms with Crippen LogP contribution in [-0.2, 0) is 11.3 Å². The molecule has 0 saturated carbocycles. The number of para-hydroxylation sites is 1. The van der Waals surface area contributed by atoms with E-state index in [2.05, 4.69) is 38.7 Å². The average molecular weight is 278 g/mol. The van der Waals surface area contributed by atoms with Gasteiger partial charge in [0.25, 0.3) is 0 Å². The van der Waals surface area contributed by atoms with Crippen LogP contribution in [0.3, 0.4) is 0 Å². The van der Waals surface area contributed by atoms with E-state index < -0.39 is 0 Å². The molecule has 20 heavy (non-hydrogen) atoms. The minimum absolute atomic E-state index is 0.489. The van der Waals surface area contributed by atoms with Crippen LogP contribution in [0.5, 0.6) is 0 Å². The van der Waals surface area contributed by atoms with Crippen LogP contribution in [0, 0.1) is 5.92 Å². The van der Waals surface area contributed by atoms with Gasteiger partial charge >= 0.3 is 0 Å². The zero-order valence-corrected chi connectivity index (χ0v) is 13.4. The van der Waals surface area contributed by atoms with E-state index in [4.69, 9.17) is 10.5 Å². The van der Waals surface area contributed by atoms with Gasteiger partial charge in [0.15, 0.2) is 0 Å². The van der Waals surface area contributed by atoms with Gasteiger partial charge in [0, 0.05) is 31.4 Å². The first-order valence-electron chi connectivity index (χ1n) is 7.66. The van der Waals surface area contributed by atoms with Crippen LogP contribution in [0.25, 0.3) is 0 Å². The lowest BCUT2D eigenvalue weighted by atomic mass is 10.1. The maximum atomic E-state index is 6.02. The topological polar surface area (TPSA) is 38.5 Å². The fourth-order valence-corrected chi connectivity index (χ4v) is 2.02. The Balaban J connectivity index is 2.39. The number of nitrogen functional groups attached to an aromatic ring is 1. The molecule has 0 aromatic heterocycles. The number of nitrogens with zero attached hydrogens (tertiary/aromatic N) is 1. The molecular weight excluding hydrogens is 248 g/mol. The lowest BCUT2D eigenvalue weighted by Gasteiger charge is -2.27. The van der Waals surface area contributed by atoms with Gasteiger partial charge in [0.2, 0.25) is 0 Å². The first-order valence-corrected chi connectivity index (χ1v) is 7.66. The first-order chi connectivity index (χ1) is 9.50. The second kappa shape index (κ2) is 8.98. The molecule has 0 radical (unpaired) electrons. The molecule has 0 amide bonds. The number of hydrogen-bond donors (Lipinski definition) is 1. The fourth-order valence-electron chi connectivity index (χ4n) is 2.02. The molecule has 0 heterocycles. The molecule has 0 aliphatic heterocycles. The summed E-state index contributed by atoms with van der Waals surface area (Å²) in [5.74, 6) is 0.709. The SMILES string of the molecule is CC(C)CCOCCN(Cc1ccccc1N)C(C)C. The Bertz CT molecular complexity index is 377. The van der Waals surface area contributed by atoms with Crippen molar-refractivity contribution in [2.45, 2.75) is 46.7 Å². The number of ether oxygens (including phenoxy) is 1. The van der Waals surface area contributed by atoms with Crippen molar-refractivity contribution in [2.75, 3.05) is 25.5 Å². The van der Waals surface area contributed by atoms with Gasteiger partial charge in [-0.05, 0) is 37.8 Å². The highest BCUT2D eigenvalue weighted by Crippen LogP contribution is 2.15. The highest BCUT2D eigenvalue weighted by Gasteiger charge is 2.11. The molecule has 0 aliphatic carbocycles. The highest BCUT2D eigenvalue weighted by molar-refractivity contribution is 5.46. The quantitative estimate of drug-likeness (QED) is 0.554. The van der Waals surface area contributed by atoms with Gasteiger partial charge in [-0.15, -0.1) is 0 Å². The van der Waals surface area contributed by atoms with E-state index in [1.165, 1.54) is 5.56 Å². The van der Waals surface area contributed by atoms with E-state index in [-0.39, 0.29) is 0 Å². The smallest absolute Gasteiger partial charge is 0.0593 e. The minimum atomic E-state index is 0.489. The van der Waals surface area contributed by atoms with Crippen LogP contribution >= 0.6 is 0 Å². The molecule has 1 rings (SSSR count). The maximum Gasteiger partial charge on any atom is 0.0593 e. The third-order valence-electron chi connectivity index (χ3n) is 3.52. The summed E-state index contributed by atoms with van der Waals surface area (Å²) < 4.78 is 5.72. The summed E-state index contributed by atoms with van der Waals surface area (Å²) in [5.41, 5.74) is 8.09. The van der Waals surface area contributed by atoms with E-state index in [9.17, 15) is 0 Å². The fraction of sp³-hybridized carbons (Fsp3) is 0.647. The third-order valence-corrected chi connectivity index (χ3v) is 3.52. The lowest BCUT2D eigenvalue weighted by Crippen LogP contribution is -2.33. The van der Waals surface area contributed by atoms with Crippen molar-refractivity contribution >= 4 is 5.69 Å². The summed E-state index contributed by atoms with van der Waals surface area (Å²) in [4.78, 5) is 2.40. The van der Waals surface area contributed by atoms with Crippen molar-refractivity contribution in [1.29, 1.82) is 0 Å². The third kappa shape index (κ3) is 6.40. The maximum absolute atomic E-state index is 6.02.